The number of rotatable bonds is 7. The number of amides is 1. The summed E-state index contributed by atoms with van der Waals surface area (Å²) in [7, 11) is 1.33. The minimum absolute atomic E-state index is 0.246. The highest BCUT2D eigenvalue weighted by atomic mass is 79.9. The predicted molar refractivity (Wildman–Crippen MR) is 117 cm³/mol. The Hall–Kier alpha value is -2.92. The van der Waals surface area contributed by atoms with Crippen LogP contribution in [0.1, 0.15) is 22.6 Å². The van der Waals surface area contributed by atoms with Crippen LogP contribution in [-0.2, 0) is 20.7 Å². The summed E-state index contributed by atoms with van der Waals surface area (Å²) in [5, 5.41) is 2.91. The third-order valence-corrected chi connectivity index (χ3v) is 5.49. The lowest BCUT2D eigenvalue weighted by Gasteiger charge is -2.22. The number of carbonyl (C=O) groups is 2. The maximum absolute atomic E-state index is 13.3. The summed E-state index contributed by atoms with van der Waals surface area (Å²) >= 11 is 3.50. The minimum atomic E-state index is -0.791. The Morgan fingerprint density at radius 2 is 1.38 bits per heavy atom. The van der Waals surface area contributed by atoms with E-state index < -0.39 is 17.9 Å². The second-order valence-electron chi connectivity index (χ2n) is 6.63. The van der Waals surface area contributed by atoms with E-state index in [4.69, 9.17) is 4.74 Å². The molecule has 0 saturated carbocycles. The molecule has 29 heavy (non-hydrogen) atoms. The van der Waals surface area contributed by atoms with E-state index in [1.54, 1.807) is 0 Å². The third kappa shape index (κ3) is 5.33. The van der Waals surface area contributed by atoms with E-state index in [-0.39, 0.29) is 5.91 Å². The van der Waals surface area contributed by atoms with Crippen LogP contribution in [0.2, 0.25) is 0 Å². The first-order valence-electron chi connectivity index (χ1n) is 9.31. The molecule has 0 aliphatic rings. The number of methoxy groups -OCH3 is 1. The Balaban J connectivity index is 1.89. The van der Waals surface area contributed by atoms with E-state index in [0.29, 0.717) is 6.42 Å². The summed E-state index contributed by atoms with van der Waals surface area (Å²) in [4.78, 5) is 25.7. The number of ether oxygens (including phenoxy) is 1. The van der Waals surface area contributed by atoms with Crippen molar-refractivity contribution in [3.8, 4) is 0 Å². The molecule has 0 heterocycles. The quantitative estimate of drug-likeness (QED) is 0.538. The second-order valence-corrected chi connectivity index (χ2v) is 7.49. The molecule has 1 atom stereocenters. The third-order valence-electron chi connectivity index (χ3n) is 4.71. The first-order chi connectivity index (χ1) is 14.1. The van der Waals surface area contributed by atoms with Gasteiger partial charge in [-0.2, -0.15) is 0 Å². The minimum Gasteiger partial charge on any atom is -0.467 e. The van der Waals surface area contributed by atoms with Gasteiger partial charge in [0.15, 0.2) is 0 Å². The Kier molecular flexibility index (Phi) is 7.19. The van der Waals surface area contributed by atoms with E-state index in [9.17, 15) is 9.59 Å². The summed E-state index contributed by atoms with van der Waals surface area (Å²) < 4.78 is 5.83. The van der Waals surface area contributed by atoms with E-state index in [1.165, 1.54) is 7.11 Å². The van der Waals surface area contributed by atoms with Crippen molar-refractivity contribution >= 4 is 27.8 Å². The molecule has 0 aromatic heterocycles. The molecule has 1 amide bonds. The normalized spacial score (nSPS) is 11.7. The van der Waals surface area contributed by atoms with Gasteiger partial charge >= 0.3 is 5.97 Å². The van der Waals surface area contributed by atoms with Gasteiger partial charge in [0.2, 0.25) is 5.91 Å². The Labute approximate surface area is 179 Å². The molecule has 3 rings (SSSR count). The lowest BCUT2D eigenvalue weighted by molar-refractivity contribution is -0.145. The van der Waals surface area contributed by atoms with Gasteiger partial charge in [0.05, 0.1) is 13.0 Å². The van der Waals surface area contributed by atoms with Crippen LogP contribution in [0.5, 0.6) is 0 Å². The molecule has 148 valence electrons. The fourth-order valence-corrected chi connectivity index (χ4v) is 3.71. The van der Waals surface area contributed by atoms with Gasteiger partial charge < -0.3 is 10.1 Å². The van der Waals surface area contributed by atoms with Crippen LogP contribution in [0.25, 0.3) is 0 Å². The van der Waals surface area contributed by atoms with Crippen LogP contribution < -0.4 is 5.32 Å². The standard InChI is InChI=1S/C24H22BrNO3/c1-29-24(28)21(16-19-14-8-9-15-20(19)25)26-23(27)22(17-10-4-2-5-11-17)18-12-6-3-7-13-18/h2-15,21-22H,16H2,1H3,(H,26,27)/t21-/m0/s1. The van der Waals surface area contributed by atoms with Gasteiger partial charge in [0.25, 0.3) is 0 Å². The lowest BCUT2D eigenvalue weighted by atomic mass is 9.90. The first kappa shape index (κ1) is 20.8. The van der Waals surface area contributed by atoms with Crippen molar-refractivity contribution < 1.29 is 14.3 Å². The molecule has 0 aliphatic heterocycles. The topological polar surface area (TPSA) is 55.4 Å². The number of halogens is 1. The molecule has 0 unspecified atom stereocenters. The van der Waals surface area contributed by atoms with Crippen molar-refractivity contribution in [2.75, 3.05) is 7.11 Å². The van der Waals surface area contributed by atoms with Crippen LogP contribution in [0, 0.1) is 0 Å². The number of hydrogen-bond acceptors (Lipinski definition) is 3. The van der Waals surface area contributed by atoms with Gasteiger partial charge in [-0.25, -0.2) is 4.79 Å². The molecule has 0 bridgehead atoms. The highest BCUT2D eigenvalue weighted by Crippen LogP contribution is 2.25. The predicted octanol–water partition coefficient (Wildman–Crippen LogP) is 4.48. The monoisotopic (exact) mass is 451 g/mol. The first-order valence-corrected chi connectivity index (χ1v) is 10.1. The van der Waals surface area contributed by atoms with E-state index in [1.807, 2.05) is 84.9 Å². The number of benzene rings is 3. The molecular weight excluding hydrogens is 430 g/mol. The zero-order chi connectivity index (χ0) is 20.6. The van der Waals surface area contributed by atoms with Gasteiger partial charge in [-0.3, -0.25) is 4.79 Å². The average molecular weight is 452 g/mol. The van der Waals surface area contributed by atoms with Gasteiger partial charge in [-0.15, -0.1) is 0 Å². The summed E-state index contributed by atoms with van der Waals surface area (Å²) in [6.45, 7) is 0. The largest absolute Gasteiger partial charge is 0.467 e. The molecular formula is C24H22BrNO3. The number of carbonyl (C=O) groups excluding carboxylic acids is 2. The summed E-state index contributed by atoms with van der Waals surface area (Å²) in [5.41, 5.74) is 2.64. The highest BCUT2D eigenvalue weighted by molar-refractivity contribution is 9.10. The zero-order valence-corrected chi connectivity index (χ0v) is 17.6. The fourth-order valence-electron chi connectivity index (χ4n) is 3.26. The molecule has 0 aliphatic carbocycles. The number of esters is 1. The molecule has 3 aromatic carbocycles. The molecule has 0 radical (unpaired) electrons. The van der Waals surface area contributed by atoms with Crippen LogP contribution >= 0.6 is 15.9 Å². The second kappa shape index (κ2) is 10.0. The van der Waals surface area contributed by atoms with Crippen molar-refractivity contribution in [2.24, 2.45) is 0 Å². The van der Waals surface area contributed by atoms with Crippen molar-refractivity contribution in [3.63, 3.8) is 0 Å². The van der Waals surface area contributed by atoms with Crippen LogP contribution in [0.15, 0.2) is 89.4 Å². The molecule has 3 aromatic rings. The summed E-state index contributed by atoms with van der Waals surface area (Å²) in [6, 6.07) is 25.9. The maximum atomic E-state index is 13.3. The Bertz CT molecular complexity index is 921. The SMILES string of the molecule is COC(=O)[C@H](Cc1ccccc1Br)NC(=O)C(c1ccccc1)c1ccccc1. The van der Waals surface area contributed by atoms with Gasteiger partial charge in [-0.1, -0.05) is 94.8 Å². The Morgan fingerprint density at radius 1 is 0.862 bits per heavy atom. The molecule has 5 heteroatoms. The van der Waals surface area contributed by atoms with Crippen molar-refractivity contribution in [1.29, 1.82) is 0 Å². The van der Waals surface area contributed by atoms with Crippen molar-refractivity contribution in [2.45, 2.75) is 18.4 Å². The van der Waals surface area contributed by atoms with Gasteiger partial charge in [0, 0.05) is 10.9 Å². The van der Waals surface area contributed by atoms with Gasteiger partial charge in [-0.05, 0) is 22.8 Å². The molecule has 1 N–H and O–H groups in total. The van der Waals surface area contributed by atoms with E-state index in [0.717, 1.165) is 21.2 Å². The Morgan fingerprint density at radius 3 is 1.90 bits per heavy atom. The molecule has 4 nitrogen and oxygen atoms in total. The summed E-state index contributed by atoms with van der Waals surface area (Å²) in [6.07, 6.45) is 0.330. The van der Waals surface area contributed by atoms with Crippen LogP contribution in [-0.4, -0.2) is 25.0 Å². The smallest absolute Gasteiger partial charge is 0.328 e. The zero-order valence-electron chi connectivity index (χ0n) is 16.0. The number of nitrogens with one attached hydrogen (secondary N) is 1. The van der Waals surface area contributed by atoms with E-state index in [2.05, 4.69) is 21.2 Å². The highest BCUT2D eigenvalue weighted by Gasteiger charge is 2.28. The lowest BCUT2D eigenvalue weighted by Crippen LogP contribution is -2.45. The van der Waals surface area contributed by atoms with Crippen LogP contribution in [0.3, 0.4) is 0 Å². The molecule has 0 spiro atoms. The summed E-state index contributed by atoms with van der Waals surface area (Å²) in [5.74, 6) is -1.25. The molecule has 0 saturated heterocycles. The maximum Gasteiger partial charge on any atom is 0.328 e. The van der Waals surface area contributed by atoms with E-state index >= 15 is 0 Å². The van der Waals surface area contributed by atoms with Gasteiger partial charge in [0.1, 0.15) is 6.04 Å². The average Bonchev–Trinajstić information content (AvgIpc) is 2.76. The van der Waals surface area contributed by atoms with Crippen molar-refractivity contribution in [3.05, 3.63) is 106 Å². The van der Waals surface area contributed by atoms with Crippen molar-refractivity contribution in [1.82, 2.24) is 5.32 Å². The number of hydrogen-bond donors (Lipinski definition) is 1. The fraction of sp³-hybridized carbons (Fsp3) is 0.167. The molecule has 0 fully saturated rings. The van der Waals surface area contributed by atoms with Crippen LogP contribution in [0.4, 0.5) is 0 Å².